The van der Waals surface area contributed by atoms with Crippen molar-refractivity contribution in [3.8, 4) is 0 Å². The van der Waals surface area contributed by atoms with Crippen molar-refractivity contribution in [3.05, 3.63) is 0 Å². The molecule has 0 spiro atoms. The fraction of sp³-hybridized carbons (Fsp3) is 0.875. The summed E-state index contributed by atoms with van der Waals surface area (Å²) >= 11 is 0. The van der Waals surface area contributed by atoms with Gasteiger partial charge in [-0.2, -0.15) is 0 Å². The van der Waals surface area contributed by atoms with Crippen molar-refractivity contribution in [1.29, 1.82) is 0 Å². The van der Waals surface area contributed by atoms with Crippen molar-refractivity contribution < 1.29 is 4.74 Å². The van der Waals surface area contributed by atoms with Gasteiger partial charge in [0.25, 0.3) is 0 Å². The fourth-order valence-corrected chi connectivity index (χ4v) is 1.06. The molecular formula is C8H15NO. The highest BCUT2D eigenvalue weighted by Gasteiger charge is 2.04. The molecule has 1 heterocycles. The molecule has 0 unspecified atom stereocenters. The third-order valence-electron chi connectivity index (χ3n) is 1.64. The maximum absolute atomic E-state index is 5.25. The van der Waals surface area contributed by atoms with E-state index in [9.17, 15) is 0 Å². The molecule has 0 aromatic rings. The number of hydrogen-bond donors (Lipinski definition) is 0. The minimum absolute atomic E-state index is 0.807. The molecule has 0 atom stereocenters. The van der Waals surface area contributed by atoms with Crippen LogP contribution in [0.15, 0.2) is 4.99 Å². The van der Waals surface area contributed by atoms with Crippen LogP contribution in [0.4, 0.5) is 0 Å². The second-order valence-corrected chi connectivity index (χ2v) is 2.58. The first-order chi connectivity index (χ1) is 4.93. The van der Waals surface area contributed by atoms with Crippen LogP contribution in [0.25, 0.3) is 0 Å². The third kappa shape index (κ3) is 2.38. The first-order valence-electron chi connectivity index (χ1n) is 4.09. The normalized spacial score (nSPS) is 16.7. The first kappa shape index (κ1) is 7.58. The van der Waals surface area contributed by atoms with Crippen molar-refractivity contribution in [2.24, 2.45) is 4.99 Å². The molecule has 0 aliphatic carbocycles. The maximum atomic E-state index is 5.25. The smallest absolute Gasteiger partial charge is 0.183 e. The minimum Gasteiger partial charge on any atom is -0.479 e. The molecule has 0 saturated heterocycles. The van der Waals surface area contributed by atoms with Crippen LogP contribution >= 0.6 is 0 Å². The number of ether oxygens (including phenoxy) is 1. The molecule has 0 aromatic carbocycles. The highest BCUT2D eigenvalue weighted by atomic mass is 16.5. The zero-order chi connectivity index (χ0) is 7.23. The van der Waals surface area contributed by atoms with E-state index in [1.807, 2.05) is 0 Å². The van der Waals surface area contributed by atoms with Gasteiger partial charge < -0.3 is 4.74 Å². The van der Waals surface area contributed by atoms with Gasteiger partial charge in [-0.05, 0) is 6.42 Å². The van der Waals surface area contributed by atoms with Gasteiger partial charge in [0, 0.05) is 6.42 Å². The summed E-state index contributed by atoms with van der Waals surface area (Å²) in [5, 5.41) is 0. The fourth-order valence-electron chi connectivity index (χ4n) is 1.06. The first-order valence-corrected chi connectivity index (χ1v) is 4.09. The molecular weight excluding hydrogens is 126 g/mol. The third-order valence-corrected chi connectivity index (χ3v) is 1.64. The van der Waals surface area contributed by atoms with Crippen molar-refractivity contribution >= 4 is 5.90 Å². The second-order valence-electron chi connectivity index (χ2n) is 2.58. The molecule has 58 valence electrons. The Labute approximate surface area is 62.3 Å². The van der Waals surface area contributed by atoms with Crippen molar-refractivity contribution in [1.82, 2.24) is 0 Å². The summed E-state index contributed by atoms with van der Waals surface area (Å²) in [5.74, 6) is 0.980. The Morgan fingerprint density at radius 2 is 2.40 bits per heavy atom. The van der Waals surface area contributed by atoms with Crippen LogP contribution in [0.1, 0.15) is 32.6 Å². The largest absolute Gasteiger partial charge is 0.479 e. The summed E-state index contributed by atoms with van der Waals surface area (Å²) < 4.78 is 5.25. The van der Waals surface area contributed by atoms with Crippen molar-refractivity contribution in [2.45, 2.75) is 32.6 Å². The van der Waals surface area contributed by atoms with Crippen molar-refractivity contribution in [2.75, 3.05) is 13.2 Å². The van der Waals surface area contributed by atoms with E-state index in [4.69, 9.17) is 4.74 Å². The topological polar surface area (TPSA) is 21.6 Å². The molecule has 0 fully saturated rings. The number of unbranched alkanes of at least 4 members (excludes halogenated alkanes) is 2. The van der Waals surface area contributed by atoms with Gasteiger partial charge in [0.15, 0.2) is 5.90 Å². The van der Waals surface area contributed by atoms with E-state index in [1.54, 1.807) is 0 Å². The van der Waals surface area contributed by atoms with Crippen LogP contribution in [0, 0.1) is 0 Å². The monoisotopic (exact) mass is 141 g/mol. The summed E-state index contributed by atoms with van der Waals surface area (Å²) in [7, 11) is 0. The maximum Gasteiger partial charge on any atom is 0.183 e. The standard InChI is InChI=1S/C8H15NO/c1-2-3-4-5-8-9-6-7-10-8/h2-7H2,1H3. The van der Waals surface area contributed by atoms with Crippen LogP contribution in [0.3, 0.4) is 0 Å². The highest BCUT2D eigenvalue weighted by molar-refractivity contribution is 5.77. The summed E-state index contributed by atoms with van der Waals surface area (Å²) in [6.07, 6.45) is 4.85. The van der Waals surface area contributed by atoms with Crippen LogP contribution in [0.2, 0.25) is 0 Å². The average molecular weight is 141 g/mol. The summed E-state index contributed by atoms with van der Waals surface area (Å²) in [5.41, 5.74) is 0. The lowest BCUT2D eigenvalue weighted by molar-refractivity contribution is 0.336. The Morgan fingerprint density at radius 1 is 1.50 bits per heavy atom. The van der Waals surface area contributed by atoms with E-state index in [2.05, 4.69) is 11.9 Å². The molecule has 2 nitrogen and oxygen atoms in total. The molecule has 1 aliphatic heterocycles. The Morgan fingerprint density at radius 3 is 3.00 bits per heavy atom. The average Bonchev–Trinajstić information content (AvgIpc) is 2.41. The molecule has 0 N–H and O–H groups in total. The summed E-state index contributed by atoms with van der Waals surface area (Å²) in [4.78, 5) is 4.20. The van der Waals surface area contributed by atoms with Gasteiger partial charge in [0.1, 0.15) is 6.61 Å². The van der Waals surface area contributed by atoms with Crippen molar-refractivity contribution in [3.63, 3.8) is 0 Å². The number of nitrogens with zero attached hydrogens (tertiary/aromatic N) is 1. The van der Waals surface area contributed by atoms with Gasteiger partial charge in [-0.25, -0.2) is 0 Å². The van der Waals surface area contributed by atoms with E-state index < -0.39 is 0 Å². The summed E-state index contributed by atoms with van der Waals surface area (Å²) in [6.45, 7) is 3.89. The highest BCUT2D eigenvalue weighted by Crippen LogP contribution is 2.05. The molecule has 1 aliphatic rings. The molecule has 0 amide bonds. The van der Waals surface area contributed by atoms with E-state index >= 15 is 0 Å². The predicted molar refractivity (Wildman–Crippen MR) is 42.4 cm³/mol. The molecule has 0 radical (unpaired) electrons. The SMILES string of the molecule is CCCCCC1=NCCO1. The van der Waals surface area contributed by atoms with Gasteiger partial charge in [-0.3, -0.25) is 4.99 Å². The van der Waals surface area contributed by atoms with Gasteiger partial charge in [-0.15, -0.1) is 0 Å². The lowest BCUT2D eigenvalue weighted by atomic mass is 10.2. The van der Waals surface area contributed by atoms with E-state index in [1.165, 1.54) is 19.3 Å². The van der Waals surface area contributed by atoms with Crippen LogP contribution in [0.5, 0.6) is 0 Å². The van der Waals surface area contributed by atoms with E-state index in [-0.39, 0.29) is 0 Å². The van der Waals surface area contributed by atoms with E-state index in [0.717, 1.165) is 25.5 Å². The van der Waals surface area contributed by atoms with Crippen LogP contribution < -0.4 is 0 Å². The minimum atomic E-state index is 0.807. The Kier molecular flexibility index (Phi) is 3.27. The zero-order valence-electron chi connectivity index (χ0n) is 6.60. The number of rotatable bonds is 4. The van der Waals surface area contributed by atoms with Gasteiger partial charge in [0.2, 0.25) is 0 Å². The molecule has 10 heavy (non-hydrogen) atoms. The lowest BCUT2D eigenvalue weighted by Crippen LogP contribution is -1.97. The Bertz CT molecular complexity index is 120. The second kappa shape index (κ2) is 4.31. The molecule has 0 aromatic heterocycles. The van der Waals surface area contributed by atoms with Gasteiger partial charge in [0.05, 0.1) is 6.54 Å². The summed E-state index contributed by atoms with van der Waals surface area (Å²) in [6, 6.07) is 0. The predicted octanol–water partition coefficient (Wildman–Crippen LogP) is 2.00. The molecule has 2 heteroatoms. The van der Waals surface area contributed by atoms with Crippen LogP contribution in [-0.4, -0.2) is 19.0 Å². The van der Waals surface area contributed by atoms with Gasteiger partial charge in [-0.1, -0.05) is 19.8 Å². The number of hydrogen-bond acceptors (Lipinski definition) is 2. The lowest BCUT2D eigenvalue weighted by Gasteiger charge is -1.98. The quantitative estimate of drug-likeness (QED) is 0.549. The molecule has 1 rings (SSSR count). The molecule has 0 saturated carbocycles. The molecule has 0 bridgehead atoms. The van der Waals surface area contributed by atoms with E-state index in [0.29, 0.717) is 0 Å². The van der Waals surface area contributed by atoms with Gasteiger partial charge >= 0.3 is 0 Å². The van der Waals surface area contributed by atoms with Crippen LogP contribution in [-0.2, 0) is 4.74 Å². The number of aliphatic imine (C=N–C) groups is 1. The zero-order valence-corrected chi connectivity index (χ0v) is 6.60. The Hall–Kier alpha value is -0.530. The Balaban J connectivity index is 2.01.